The van der Waals surface area contributed by atoms with E-state index in [1.807, 2.05) is 12.1 Å². The van der Waals surface area contributed by atoms with Crippen LogP contribution in [0.25, 0.3) is 0 Å². The Morgan fingerprint density at radius 2 is 2.38 bits per heavy atom. The Kier molecular flexibility index (Phi) is 3.40. The molecule has 2 unspecified atom stereocenters. The van der Waals surface area contributed by atoms with Gasteiger partial charge in [0.2, 0.25) is 0 Å². The molecule has 3 nitrogen and oxygen atoms in total. The second kappa shape index (κ2) is 4.98. The highest BCUT2D eigenvalue weighted by Crippen LogP contribution is 2.27. The van der Waals surface area contributed by atoms with Crippen LogP contribution in [0.2, 0.25) is 0 Å². The average Bonchev–Trinajstić information content (AvgIpc) is 2.29. The number of rotatable bonds is 2. The summed E-state index contributed by atoms with van der Waals surface area (Å²) in [4.78, 5) is 3.92. The van der Waals surface area contributed by atoms with Gasteiger partial charge in [0, 0.05) is 12.3 Å². The van der Waals surface area contributed by atoms with Crippen molar-refractivity contribution in [3.8, 4) is 11.8 Å². The predicted octanol–water partition coefficient (Wildman–Crippen LogP) is 2.91. The number of nitrogens with zero attached hydrogens (tertiary/aromatic N) is 2. The van der Waals surface area contributed by atoms with Gasteiger partial charge in [0.1, 0.15) is 17.5 Å². The molecule has 16 heavy (non-hydrogen) atoms. The lowest BCUT2D eigenvalue weighted by atomic mass is 9.89. The summed E-state index contributed by atoms with van der Waals surface area (Å²) >= 11 is 0. The van der Waals surface area contributed by atoms with E-state index in [1.165, 1.54) is 12.8 Å². The third-order valence-electron chi connectivity index (χ3n) is 3.04. The van der Waals surface area contributed by atoms with Gasteiger partial charge in [-0.1, -0.05) is 13.3 Å². The molecule has 0 saturated heterocycles. The number of hydrogen-bond donors (Lipinski definition) is 0. The van der Waals surface area contributed by atoms with Gasteiger partial charge in [0.05, 0.1) is 6.10 Å². The van der Waals surface area contributed by atoms with E-state index in [1.54, 1.807) is 12.3 Å². The van der Waals surface area contributed by atoms with E-state index in [0.717, 1.165) is 24.5 Å². The van der Waals surface area contributed by atoms with Gasteiger partial charge in [-0.25, -0.2) is 4.98 Å². The van der Waals surface area contributed by atoms with Crippen LogP contribution in [-0.2, 0) is 0 Å². The Hall–Kier alpha value is -1.56. The summed E-state index contributed by atoms with van der Waals surface area (Å²) in [6.07, 6.45) is 6.71. The number of ether oxygens (including phenoxy) is 1. The van der Waals surface area contributed by atoms with Crippen molar-refractivity contribution in [1.29, 1.82) is 5.26 Å². The number of hydrogen-bond acceptors (Lipinski definition) is 3. The average molecular weight is 216 g/mol. The molecule has 1 aromatic heterocycles. The summed E-state index contributed by atoms with van der Waals surface area (Å²) in [6, 6.07) is 5.55. The van der Waals surface area contributed by atoms with Crippen molar-refractivity contribution in [3.63, 3.8) is 0 Å². The molecular formula is C13H16N2O. The van der Waals surface area contributed by atoms with E-state index in [4.69, 9.17) is 10.00 Å². The Balaban J connectivity index is 2.00. The molecule has 1 fully saturated rings. The summed E-state index contributed by atoms with van der Waals surface area (Å²) in [6.45, 7) is 2.27. The van der Waals surface area contributed by atoms with E-state index < -0.39 is 0 Å². The molecule has 0 aliphatic heterocycles. The molecule has 1 heterocycles. The Labute approximate surface area is 96.1 Å². The number of aromatic nitrogens is 1. The minimum Gasteiger partial charge on any atom is -0.490 e. The lowest BCUT2D eigenvalue weighted by molar-refractivity contribution is 0.129. The van der Waals surface area contributed by atoms with E-state index in [9.17, 15) is 0 Å². The molecule has 2 rings (SSSR count). The van der Waals surface area contributed by atoms with Crippen molar-refractivity contribution in [2.24, 2.45) is 5.92 Å². The smallest absolute Gasteiger partial charge is 0.144 e. The van der Waals surface area contributed by atoms with Gasteiger partial charge in [-0.15, -0.1) is 0 Å². The van der Waals surface area contributed by atoms with Crippen LogP contribution in [0.4, 0.5) is 0 Å². The van der Waals surface area contributed by atoms with Crippen molar-refractivity contribution in [2.75, 3.05) is 0 Å². The van der Waals surface area contributed by atoms with Gasteiger partial charge in [0.25, 0.3) is 0 Å². The van der Waals surface area contributed by atoms with E-state index in [2.05, 4.69) is 11.9 Å². The molecule has 3 heteroatoms. The van der Waals surface area contributed by atoms with E-state index in [0.29, 0.717) is 11.8 Å². The number of pyridine rings is 1. The highest BCUT2D eigenvalue weighted by Gasteiger charge is 2.20. The first-order chi connectivity index (χ1) is 7.78. The van der Waals surface area contributed by atoms with Crippen LogP contribution in [-0.4, -0.2) is 11.1 Å². The SMILES string of the molecule is CC1CCCC(Oc2ccnc(C#N)c2)C1. The van der Waals surface area contributed by atoms with Crippen LogP contribution in [0.1, 0.15) is 38.3 Å². The molecule has 0 amide bonds. The molecule has 1 saturated carbocycles. The van der Waals surface area contributed by atoms with Gasteiger partial charge in [-0.05, 0) is 31.2 Å². The summed E-state index contributed by atoms with van der Waals surface area (Å²) in [5, 5.41) is 8.74. The van der Waals surface area contributed by atoms with Crippen LogP contribution in [0, 0.1) is 17.2 Å². The fourth-order valence-corrected chi connectivity index (χ4v) is 2.22. The van der Waals surface area contributed by atoms with Crippen LogP contribution in [0.5, 0.6) is 5.75 Å². The third-order valence-corrected chi connectivity index (χ3v) is 3.04. The van der Waals surface area contributed by atoms with Crippen molar-refractivity contribution in [2.45, 2.75) is 38.7 Å². The molecule has 1 aromatic rings. The third kappa shape index (κ3) is 2.73. The van der Waals surface area contributed by atoms with Gasteiger partial charge >= 0.3 is 0 Å². The lowest BCUT2D eigenvalue weighted by Crippen LogP contribution is -2.24. The van der Waals surface area contributed by atoms with Crippen molar-refractivity contribution < 1.29 is 4.74 Å². The molecule has 0 radical (unpaired) electrons. The Morgan fingerprint density at radius 3 is 3.12 bits per heavy atom. The topological polar surface area (TPSA) is 45.9 Å². The van der Waals surface area contributed by atoms with Crippen molar-refractivity contribution in [3.05, 3.63) is 24.0 Å². The first kappa shape index (κ1) is 10.9. The molecule has 84 valence electrons. The largest absolute Gasteiger partial charge is 0.490 e. The first-order valence-corrected chi connectivity index (χ1v) is 5.80. The Morgan fingerprint density at radius 1 is 1.50 bits per heavy atom. The first-order valence-electron chi connectivity index (χ1n) is 5.80. The second-order valence-corrected chi connectivity index (χ2v) is 4.50. The zero-order chi connectivity index (χ0) is 11.4. The van der Waals surface area contributed by atoms with Crippen LogP contribution >= 0.6 is 0 Å². The zero-order valence-corrected chi connectivity index (χ0v) is 9.52. The molecule has 0 N–H and O–H groups in total. The monoisotopic (exact) mass is 216 g/mol. The molecule has 1 aliphatic rings. The molecule has 2 atom stereocenters. The molecular weight excluding hydrogens is 200 g/mol. The highest BCUT2D eigenvalue weighted by atomic mass is 16.5. The van der Waals surface area contributed by atoms with Gasteiger partial charge in [0.15, 0.2) is 0 Å². The molecule has 0 aromatic carbocycles. The van der Waals surface area contributed by atoms with Crippen LogP contribution in [0.15, 0.2) is 18.3 Å². The fraction of sp³-hybridized carbons (Fsp3) is 0.538. The maximum absolute atomic E-state index is 8.74. The lowest BCUT2D eigenvalue weighted by Gasteiger charge is -2.27. The zero-order valence-electron chi connectivity index (χ0n) is 9.52. The van der Waals surface area contributed by atoms with Gasteiger partial charge in [-0.3, -0.25) is 0 Å². The Bertz CT molecular complexity index is 397. The van der Waals surface area contributed by atoms with Crippen LogP contribution in [0.3, 0.4) is 0 Å². The van der Waals surface area contributed by atoms with Crippen molar-refractivity contribution >= 4 is 0 Å². The second-order valence-electron chi connectivity index (χ2n) is 4.50. The fourth-order valence-electron chi connectivity index (χ4n) is 2.22. The van der Waals surface area contributed by atoms with Gasteiger partial charge in [-0.2, -0.15) is 5.26 Å². The minimum absolute atomic E-state index is 0.303. The summed E-state index contributed by atoms with van der Waals surface area (Å²) < 4.78 is 5.88. The predicted molar refractivity (Wildman–Crippen MR) is 61.0 cm³/mol. The maximum atomic E-state index is 8.74. The summed E-state index contributed by atoms with van der Waals surface area (Å²) in [5.41, 5.74) is 0.418. The summed E-state index contributed by atoms with van der Waals surface area (Å²) in [5.74, 6) is 1.52. The van der Waals surface area contributed by atoms with Crippen LogP contribution < -0.4 is 4.74 Å². The van der Waals surface area contributed by atoms with E-state index in [-0.39, 0.29) is 0 Å². The molecule has 1 aliphatic carbocycles. The molecule has 0 bridgehead atoms. The standard InChI is InChI=1S/C13H16N2O/c1-10-3-2-4-12(7-10)16-13-5-6-15-11(8-13)9-14/h5-6,8,10,12H,2-4,7H2,1H3. The van der Waals surface area contributed by atoms with Gasteiger partial charge < -0.3 is 4.74 Å². The van der Waals surface area contributed by atoms with Crippen molar-refractivity contribution in [1.82, 2.24) is 4.98 Å². The normalized spacial score (nSPS) is 24.8. The maximum Gasteiger partial charge on any atom is 0.144 e. The highest BCUT2D eigenvalue weighted by molar-refractivity contribution is 5.29. The quantitative estimate of drug-likeness (QED) is 0.763. The van der Waals surface area contributed by atoms with E-state index >= 15 is 0 Å². The molecule has 0 spiro atoms. The summed E-state index contributed by atoms with van der Waals surface area (Å²) in [7, 11) is 0. The minimum atomic E-state index is 0.303. The number of nitriles is 1.